The van der Waals surface area contributed by atoms with Crippen LogP contribution in [0, 0.1) is 0 Å². The summed E-state index contributed by atoms with van der Waals surface area (Å²) < 4.78 is 31.8. The number of fused-ring (bicyclic) bond motifs is 2. The van der Waals surface area contributed by atoms with Gasteiger partial charge in [0.1, 0.15) is 9.71 Å². The molecule has 5 heterocycles. The lowest BCUT2D eigenvalue weighted by Gasteiger charge is -2.32. The minimum absolute atomic E-state index is 0.508. The normalized spacial score (nSPS) is 18.6. The third kappa shape index (κ3) is 4.64. The van der Waals surface area contributed by atoms with Crippen LogP contribution in [0.1, 0.15) is 5.01 Å². The molecule has 0 bridgehead atoms. The third-order valence-corrected chi connectivity index (χ3v) is 8.89. The first-order valence-corrected chi connectivity index (χ1v) is 14.4. The zero-order valence-electron chi connectivity index (χ0n) is 19.5. The Bertz CT molecular complexity index is 1470. The Kier molecular flexibility index (Phi) is 5.93. The molecule has 4 aromatic rings. The molecule has 184 valence electrons. The molecule has 0 radical (unpaired) electrons. The van der Waals surface area contributed by atoms with Crippen molar-refractivity contribution in [1.82, 2.24) is 29.1 Å². The zero-order chi connectivity index (χ0) is 24.0. The van der Waals surface area contributed by atoms with Gasteiger partial charge in [0.15, 0.2) is 17.3 Å². The summed E-state index contributed by atoms with van der Waals surface area (Å²) in [5.74, 6) is 1.58. The molecule has 0 atom stereocenters. The van der Waals surface area contributed by atoms with Gasteiger partial charge in [0.2, 0.25) is 10.0 Å². The van der Waals surface area contributed by atoms with Crippen molar-refractivity contribution in [3.05, 3.63) is 35.5 Å². The molecule has 2 fully saturated rings. The largest absolute Gasteiger partial charge is 0.378 e. The van der Waals surface area contributed by atoms with Gasteiger partial charge in [-0.15, -0.1) is 11.3 Å². The van der Waals surface area contributed by atoms with Crippen LogP contribution in [0.2, 0.25) is 0 Å². The number of piperazine rings is 1. The number of aromatic amines is 1. The van der Waals surface area contributed by atoms with Gasteiger partial charge in [0.05, 0.1) is 26.0 Å². The van der Waals surface area contributed by atoms with Gasteiger partial charge in [-0.3, -0.25) is 4.90 Å². The van der Waals surface area contributed by atoms with Crippen LogP contribution in [0.3, 0.4) is 0 Å². The molecule has 0 spiro atoms. The summed E-state index contributed by atoms with van der Waals surface area (Å²) in [5, 5.41) is 2.08. The van der Waals surface area contributed by atoms with E-state index < -0.39 is 10.0 Å². The number of nitrogens with one attached hydrogen (secondary N) is 1. The molecule has 6 rings (SSSR count). The molecular weight excluding hydrogens is 486 g/mol. The van der Waals surface area contributed by atoms with Crippen molar-refractivity contribution in [3.8, 4) is 11.4 Å². The molecule has 0 amide bonds. The van der Waals surface area contributed by atoms with E-state index in [9.17, 15) is 8.42 Å². The van der Waals surface area contributed by atoms with E-state index >= 15 is 0 Å². The Balaban J connectivity index is 1.33. The first kappa shape index (κ1) is 22.8. The number of sulfonamides is 1. The highest BCUT2D eigenvalue weighted by atomic mass is 32.2. The number of nitrogens with zero attached hydrogens (tertiary/aromatic N) is 6. The molecule has 2 aliphatic heterocycles. The van der Waals surface area contributed by atoms with Crippen LogP contribution >= 0.6 is 11.3 Å². The minimum atomic E-state index is -3.14. The van der Waals surface area contributed by atoms with Crippen molar-refractivity contribution in [1.29, 1.82) is 0 Å². The van der Waals surface area contributed by atoms with Gasteiger partial charge in [-0.05, 0) is 24.3 Å². The average molecular weight is 514 g/mol. The third-order valence-electron chi connectivity index (χ3n) is 6.56. The number of rotatable bonds is 5. The Morgan fingerprint density at radius 2 is 1.83 bits per heavy atom. The maximum Gasteiger partial charge on any atom is 0.211 e. The van der Waals surface area contributed by atoms with Crippen LogP contribution in [0.5, 0.6) is 0 Å². The van der Waals surface area contributed by atoms with Gasteiger partial charge in [0.25, 0.3) is 0 Å². The molecule has 2 saturated heterocycles. The standard InChI is InChI=1S/C23H27N7O3S2/c1-35(31,32)30-8-6-28(7-9-30)15-19-25-22-20(34-19)23(29-10-12-33-13-11-29)27-21(26-22)17-2-3-18-16(14-17)4-5-24-18/h2-5,14,24H,6-13,15H2,1H3. The molecule has 0 unspecified atom stereocenters. The highest BCUT2D eigenvalue weighted by molar-refractivity contribution is 7.88. The molecule has 1 N–H and O–H groups in total. The maximum atomic E-state index is 11.8. The summed E-state index contributed by atoms with van der Waals surface area (Å²) in [4.78, 5) is 22.5. The highest BCUT2D eigenvalue weighted by Crippen LogP contribution is 2.33. The van der Waals surface area contributed by atoms with Gasteiger partial charge in [0, 0.05) is 61.9 Å². The molecule has 2 aliphatic rings. The smallest absolute Gasteiger partial charge is 0.211 e. The van der Waals surface area contributed by atoms with Crippen molar-refractivity contribution in [2.75, 3.05) is 63.6 Å². The number of hydrogen-bond donors (Lipinski definition) is 1. The lowest BCUT2D eigenvalue weighted by atomic mass is 10.1. The second-order valence-corrected chi connectivity index (χ2v) is 12.0. The SMILES string of the molecule is CS(=O)(=O)N1CCN(Cc2nc3nc(-c4ccc5[nH]ccc5c4)nc(N4CCOCC4)c3s2)CC1. The second-order valence-electron chi connectivity index (χ2n) is 8.95. The van der Waals surface area contributed by atoms with Crippen LogP contribution in [-0.2, 0) is 21.3 Å². The fourth-order valence-corrected chi connectivity index (χ4v) is 6.53. The summed E-state index contributed by atoms with van der Waals surface area (Å²) in [7, 11) is -3.14. The monoisotopic (exact) mass is 513 g/mol. The number of hydrogen-bond acceptors (Lipinski definition) is 9. The number of morpholine rings is 1. The minimum Gasteiger partial charge on any atom is -0.378 e. The highest BCUT2D eigenvalue weighted by Gasteiger charge is 2.25. The quantitative estimate of drug-likeness (QED) is 0.433. The fourth-order valence-electron chi connectivity index (χ4n) is 4.64. The summed E-state index contributed by atoms with van der Waals surface area (Å²) in [6.45, 7) is 5.97. The molecular formula is C23H27N7O3S2. The van der Waals surface area contributed by atoms with Crippen LogP contribution in [0.4, 0.5) is 5.82 Å². The number of anilines is 1. The summed E-state index contributed by atoms with van der Waals surface area (Å²) >= 11 is 1.63. The zero-order valence-corrected chi connectivity index (χ0v) is 21.1. The van der Waals surface area contributed by atoms with E-state index in [0.717, 1.165) is 45.1 Å². The number of aromatic nitrogens is 4. The number of ether oxygens (including phenoxy) is 1. The van der Waals surface area contributed by atoms with Crippen molar-refractivity contribution in [2.24, 2.45) is 0 Å². The van der Waals surface area contributed by atoms with Crippen molar-refractivity contribution in [3.63, 3.8) is 0 Å². The molecule has 12 heteroatoms. The summed E-state index contributed by atoms with van der Waals surface area (Å²) in [6.07, 6.45) is 3.20. The molecule has 35 heavy (non-hydrogen) atoms. The summed E-state index contributed by atoms with van der Waals surface area (Å²) in [6, 6.07) is 8.24. The van der Waals surface area contributed by atoms with E-state index in [0.29, 0.717) is 57.4 Å². The van der Waals surface area contributed by atoms with E-state index in [1.165, 1.54) is 10.6 Å². The summed E-state index contributed by atoms with van der Waals surface area (Å²) in [5.41, 5.74) is 2.75. The Hall–Kier alpha value is -2.64. The van der Waals surface area contributed by atoms with Gasteiger partial charge >= 0.3 is 0 Å². The van der Waals surface area contributed by atoms with E-state index in [-0.39, 0.29) is 0 Å². The predicted octanol–water partition coefficient (Wildman–Crippen LogP) is 2.15. The Labute approximate surface area is 207 Å². The lowest BCUT2D eigenvalue weighted by molar-refractivity contribution is 0.122. The van der Waals surface area contributed by atoms with Gasteiger partial charge < -0.3 is 14.6 Å². The van der Waals surface area contributed by atoms with E-state index in [4.69, 9.17) is 19.7 Å². The number of benzene rings is 1. The average Bonchev–Trinajstić information content (AvgIpc) is 3.49. The first-order valence-electron chi connectivity index (χ1n) is 11.7. The van der Waals surface area contributed by atoms with Crippen molar-refractivity contribution < 1.29 is 13.2 Å². The topological polar surface area (TPSA) is 108 Å². The molecule has 0 saturated carbocycles. The number of H-pyrrole nitrogens is 1. The van der Waals surface area contributed by atoms with E-state index in [2.05, 4.69) is 26.9 Å². The molecule has 10 nitrogen and oxygen atoms in total. The lowest BCUT2D eigenvalue weighted by Crippen LogP contribution is -2.47. The first-order chi connectivity index (χ1) is 16.9. The van der Waals surface area contributed by atoms with Gasteiger partial charge in [-0.25, -0.2) is 23.4 Å². The fraction of sp³-hybridized carbons (Fsp3) is 0.435. The Morgan fingerprint density at radius 1 is 1.03 bits per heavy atom. The molecule has 3 aromatic heterocycles. The van der Waals surface area contributed by atoms with Crippen molar-refractivity contribution >= 4 is 48.4 Å². The van der Waals surface area contributed by atoms with Crippen LogP contribution in [0.25, 0.3) is 32.6 Å². The second kappa shape index (κ2) is 9.10. The van der Waals surface area contributed by atoms with E-state index in [1.807, 2.05) is 18.3 Å². The molecule has 1 aromatic carbocycles. The van der Waals surface area contributed by atoms with Crippen LogP contribution in [0.15, 0.2) is 30.5 Å². The van der Waals surface area contributed by atoms with Crippen molar-refractivity contribution in [2.45, 2.75) is 6.54 Å². The predicted molar refractivity (Wildman–Crippen MR) is 137 cm³/mol. The molecule has 0 aliphatic carbocycles. The maximum absolute atomic E-state index is 11.8. The van der Waals surface area contributed by atoms with Crippen LogP contribution < -0.4 is 4.90 Å². The Morgan fingerprint density at radius 3 is 2.60 bits per heavy atom. The van der Waals surface area contributed by atoms with E-state index in [1.54, 1.807) is 11.3 Å². The number of thiazole rings is 1. The van der Waals surface area contributed by atoms with Gasteiger partial charge in [-0.2, -0.15) is 4.31 Å². The van der Waals surface area contributed by atoms with Gasteiger partial charge in [-0.1, -0.05) is 0 Å². The van der Waals surface area contributed by atoms with Crippen LogP contribution in [-0.4, -0.2) is 96.3 Å².